The summed E-state index contributed by atoms with van der Waals surface area (Å²) in [4.78, 5) is 0. The van der Waals surface area contributed by atoms with Crippen molar-refractivity contribution in [3.05, 3.63) is 0 Å². The Balaban J connectivity index is 0.000000279. The summed E-state index contributed by atoms with van der Waals surface area (Å²) in [5.41, 5.74) is 0.808. The molecule has 3 saturated heterocycles. The first-order valence-corrected chi connectivity index (χ1v) is 15.7. The second-order valence-electron chi connectivity index (χ2n) is 17.8. The van der Waals surface area contributed by atoms with Gasteiger partial charge in [0.25, 0.3) is 0 Å². The molecule has 0 aromatic carbocycles. The minimum absolute atomic E-state index is 0.293. The summed E-state index contributed by atoms with van der Waals surface area (Å²) in [5.74, 6) is 3.66. The number of aliphatic hydroxyl groups is 1. The van der Waals surface area contributed by atoms with Crippen molar-refractivity contribution in [1.82, 2.24) is 15.7 Å². The average molecular weight is 536 g/mol. The van der Waals surface area contributed by atoms with E-state index in [1.54, 1.807) is 0 Å². The van der Waals surface area contributed by atoms with Crippen molar-refractivity contribution < 1.29 is 10.3 Å². The average Bonchev–Trinajstić information content (AvgIpc) is 2.69. The largest absolute Gasteiger partial charge is 0.393 e. The van der Waals surface area contributed by atoms with Gasteiger partial charge < -0.3 is 20.9 Å². The molecular formula is C33H65N3O2. The molecule has 0 unspecified atom stereocenters. The number of hydroxylamine groups is 2. The number of aliphatic hydroxyl groups excluding tert-OH is 1. The Morgan fingerprint density at radius 1 is 0.579 bits per heavy atom. The van der Waals surface area contributed by atoms with Crippen molar-refractivity contribution in [2.45, 2.75) is 163 Å². The van der Waals surface area contributed by atoms with Gasteiger partial charge in [-0.15, -0.1) is 0 Å². The zero-order chi connectivity index (χ0) is 28.9. The maximum absolute atomic E-state index is 9.80. The molecule has 224 valence electrons. The van der Waals surface area contributed by atoms with E-state index in [0.29, 0.717) is 34.7 Å². The quantitative estimate of drug-likeness (QED) is 0.306. The van der Waals surface area contributed by atoms with Crippen molar-refractivity contribution in [2.24, 2.45) is 34.5 Å². The fourth-order valence-corrected chi connectivity index (χ4v) is 10.2. The lowest BCUT2D eigenvalue weighted by atomic mass is 9.54. The minimum Gasteiger partial charge on any atom is -0.393 e. The molecule has 0 amide bonds. The highest BCUT2D eigenvalue weighted by molar-refractivity contribution is 5.02. The van der Waals surface area contributed by atoms with E-state index < -0.39 is 0 Å². The molecule has 5 heteroatoms. The molecule has 3 heterocycles. The summed E-state index contributed by atoms with van der Waals surface area (Å²) in [6.07, 6.45) is 9.56. The molecular weight excluding hydrogens is 470 g/mol. The molecule has 1 saturated carbocycles. The predicted octanol–water partition coefficient (Wildman–Crippen LogP) is 7.01. The van der Waals surface area contributed by atoms with Crippen molar-refractivity contribution in [3.63, 3.8) is 0 Å². The number of rotatable bonds is 2. The topological polar surface area (TPSA) is 67.8 Å². The molecule has 4 aliphatic rings. The monoisotopic (exact) mass is 536 g/mol. The van der Waals surface area contributed by atoms with Crippen molar-refractivity contribution >= 4 is 0 Å². The molecule has 0 bridgehead atoms. The molecule has 38 heavy (non-hydrogen) atoms. The van der Waals surface area contributed by atoms with E-state index in [2.05, 4.69) is 66.0 Å². The van der Waals surface area contributed by atoms with Gasteiger partial charge in [-0.05, 0) is 141 Å². The Hall–Kier alpha value is -0.200. The van der Waals surface area contributed by atoms with Gasteiger partial charge >= 0.3 is 0 Å². The molecule has 4 N–H and O–H groups in total. The van der Waals surface area contributed by atoms with Crippen LogP contribution in [0.4, 0.5) is 0 Å². The van der Waals surface area contributed by atoms with Gasteiger partial charge in [-0.3, -0.25) is 0 Å². The van der Waals surface area contributed by atoms with E-state index in [1.165, 1.54) is 56.7 Å². The maximum Gasteiger partial charge on any atom is 0.0576 e. The van der Waals surface area contributed by atoms with Crippen LogP contribution in [0.3, 0.4) is 0 Å². The Labute approximate surface area is 236 Å². The van der Waals surface area contributed by atoms with E-state index in [4.69, 9.17) is 0 Å². The first-order chi connectivity index (χ1) is 17.1. The summed E-state index contributed by atoms with van der Waals surface area (Å²) in [6, 6.07) is 0. The lowest BCUT2D eigenvalue weighted by Gasteiger charge is -2.55. The second kappa shape index (κ2) is 10.9. The van der Waals surface area contributed by atoms with Crippen molar-refractivity contribution in [1.29, 1.82) is 0 Å². The number of piperidine rings is 3. The molecule has 0 radical (unpaired) electrons. The number of hydrogen-bond acceptors (Lipinski definition) is 5. The van der Waals surface area contributed by atoms with Crippen LogP contribution < -0.4 is 10.6 Å². The molecule has 3 aliphatic heterocycles. The lowest BCUT2D eigenvalue weighted by molar-refractivity contribution is -0.257. The minimum atomic E-state index is -0.318. The fourth-order valence-electron chi connectivity index (χ4n) is 10.2. The third-order valence-electron chi connectivity index (χ3n) is 10.6. The van der Waals surface area contributed by atoms with Gasteiger partial charge in [0.1, 0.15) is 0 Å². The highest BCUT2D eigenvalue weighted by atomic mass is 16.5. The summed E-state index contributed by atoms with van der Waals surface area (Å²) in [5, 5.41) is 28.3. The van der Waals surface area contributed by atoms with E-state index in [9.17, 15) is 10.3 Å². The van der Waals surface area contributed by atoms with E-state index in [1.807, 2.05) is 27.7 Å². The molecule has 4 fully saturated rings. The van der Waals surface area contributed by atoms with Crippen LogP contribution in [0.5, 0.6) is 0 Å². The molecule has 0 atom stereocenters. The second-order valence-corrected chi connectivity index (χ2v) is 17.8. The van der Waals surface area contributed by atoms with Crippen LogP contribution in [0.15, 0.2) is 0 Å². The van der Waals surface area contributed by atoms with Crippen LogP contribution in [0.2, 0.25) is 0 Å². The number of hydrogen-bond donors (Lipinski definition) is 4. The van der Waals surface area contributed by atoms with E-state index in [0.717, 1.165) is 23.7 Å². The Bertz CT molecular complexity index is 742. The molecule has 0 spiro atoms. The molecule has 0 aromatic heterocycles. The van der Waals surface area contributed by atoms with Crippen LogP contribution in [-0.2, 0) is 0 Å². The molecule has 0 aromatic rings. The first kappa shape index (κ1) is 32.3. The normalized spacial score (nSPS) is 35.2. The van der Waals surface area contributed by atoms with Crippen LogP contribution in [0, 0.1) is 34.5 Å². The Morgan fingerprint density at radius 2 is 0.974 bits per heavy atom. The third-order valence-corrected chi connectivity index (χ3v) is 10.6. The van der Waals surface area contributed by atoms with Gasteiger partial charge in [0.2, 0.25) is 0 Å². The molecule has 1 aliphatic carbocycles. The number of nitrogens with one attached hydrogen (secondary N) is 2. The summed E-state index contributed by atoms with van der Waals surface area (Å²) in [7, 11) is 0. The maximum atomic E-state index is 9.80. The first-order valence-electron chi connectivity index (χ1n) is 15.7. The standard InChI is InChI=1S/C24H46N2.C9H19NO2/c1-21(2)15-25-16-22(3,4)20(21)18-11-9-17(10-12-18)19-13-23(5,6)26-24(7,8)14-19;1-8(2)5-7(11)6-9(3,4)10(8)12/h17-20,25-26H,9-16H2,1-8H3;7,11-12H,5-6H2,1-4H3. The molecule has 5 nitrogen and oxygen atoms in total. The van der Waals surface area contributed by atoms with Gasteiger partial charge in [-0.1, -0.05) is 27.7 Å². The van der Waals surface area contributed by atoms with E-state index >= 15 is 0 Å². The zero-order valence-corrected chi connectivity index (χ0v) is 27.3. The van der Waals surface area contributed by atoms with Gasteiger partial charge in [0, 0.05) is 35.2 Å². The highest BCUT2D eigenvalue weighted by Crippen LogP contribution is 2.53. The van der Waals surface area contributed by atoms with Crippen molar-refractivity contribution in [2.75, 3.05) is 13.1 Å². The van der Waals surface area contributed by atoms with Gasteiger partial charge in [-0.2, -0.15) is 5.06 Å². The summed E-state index contributed by atoms with van der Waals surface area (Å²) < 4.78 is 0. The highest BCUT2D eigenvalue weighted by Gasteiger charge is 2.49. The Morgan fingerprint density at radius 3 is 1.39 bits per heavy atom. The van der Waals surface area contributed by atoms with Gasteiger partial charge in [-0.25, -0.2) is 0 Å². The predicted molar refractivity (Wildman–Crippen MR) is 160 cm³/mol. The Kier molecular flexibility index (Phi) is 9.26. The van der Waals surface area contributed by atoms with Crippen LogP contribution >= 0.6 is 0 Å². The lowest BCUT2D eigenvalue weighted by Crippen LogP contribution is -2.60. The number of nitrogens with zero attached hydrogens (tertiary/aromatic N) is 1. The van der Waals surface area contributed by atoms with Gasteiger partial charge in [0.15, 0.2) is 0 Å². The molecule has 4 rings (SSSR count). The van der Waals surface area contributed by atoms with Crippen molar-refractivity contribution in [3.8, 4) is 0 Å². The van der Waals surface area contributed by atoms with Crippen LogP contribution in [0.25, 0.3) is 0 Å². The van der Waals surface area contributed by atoms with Crippen LogP contribution in [0.1, 0.15) is 134 Å². The van der Waals surface area contributed by atoms with Gasteiger partial charge in [0.05, 0.1) is 6.10 Å². The fraction of sp³-hybridized carbons (Fsp3) is 1.00. The van der Waals surface area contributed by atoms with E-state index in [-0.39, 0.29) is 17.2 Å². The van der Waals surface area contributed by atoms with Crippen LogP contribution in [-0.4, -0.2) is 56.7 Å². The summed E-state index contributed by atoms with van der Waals surface area (Å²) in [6.45, 7) is 29.8. The SMILES string of the molecule is CC1(C)CC(C2CCC(C3C(C)(C)CNCC3(C)C)CC2)CC(C)(C)N1.CC1(C)CC(O)CC(C)(C)N1O. The third kappa shape index (κ3) is 7.55. The zero-order valence-electron chi connectivity index (χ0n) is 27.3. The smallest absolute Gasteiger partial charge is 0.0576 e. The summed E-state index contributed by atoms with van der Waals surface area (Å²) >= 11 is 0.